The van der Waals surface area contributed by atoms with Crippen molar-refractivity contribution in [3.05, 3.63) is 76.5 Å². The van der Waals surface area contributed by atoms with Gasteiger partial charge in [-0.3, -0.25) is 15.0 Å². The number of anilines is 1. The van der Waals surface area contributed by atoms with Crippen LogP contribution in [0.3, 0.4) is 0 Å². The number of benzene rings is 2. The second-order valence-corrected chi connectivity index (χ2v) is 7.29. The zero-order valence-corrected chi connectivity index (χ0v) is 16.7. The largest absolute Gasteiger partial charge is 0.369 e. The molecular formula is C22H25N5O3. The van der Waals surface area contributed by atoms with Crippen molar-refractivity contribution in [2.45, 2.75) is 6.54 Å². The van der Waals surface area contributed by atoms with Gasteiger partial charge in [0, 0.05) is 57.1 Å². The lowest BCUT2D eigenvalue weighted by Crippen LogP contribution is -2.48. The molecule has 0 amide bonds. The number of nitro benzene ring substituents is 1. The normalized spacial score (nSPS) is 14.7. The predicted molar refractivity (Wildman–Crippen MR) is 115 cm³/mol. The molecule has 3 aromatic rings. The van der Waals surface area contributed by atoms with Crippen molar-refractivity contribution in [3.8, 4) is 11.3 Å². The van der Waals surface area contributed by atoms with E-state index in [4.69, 9.17) is 4.52 Å². The standard InChI is InChI=1S/C22H25N5O3/c28-27(29)22-9-5-4-8-20(22)21-16-19(30-24-21)17-23-10-11-25-12-14-26(15-13-25)18-6-2-1-3-7-18/h1-9,16,23H,10-15,17H2. The van der Waals surface area contributed by atoms with E-state index in [1.54, 1.807) is 24.3 Å². The Morgan fingerprint density at radius 2 is 1.77 bits per heavy atom. The topological polar surface area (TPSA) is 87.7 Å². The van der Waals surface area contributed by atoms with E-state index in [2.05, 4.69) is 44.5 Å². The fourth-order valence-corrected chi connectivity index (χ4v) is 3.69. The molecule has 1 fully saturated rings. The molecule has 8 nitrogen and oxygen atoms in total. The molecule has 2 aromatic carbocycles. The first-order valence-electron chi connectivity index (χ1n) is 10.1. The van der Waals surface area contributed by atoms with Crippen molar-refractivity contribution in [3.63, 3.8) is 0 Å². The summed E-state index contributed by atoms with van der Waals surface area (Å²) < 4.78 is 5.35. The highest BCUT2D eigenvalue weighted by Crippen LogP contribution is 2.28. The molecular weight excluding hydrogens is 382 g/mol. The first-order valence-corrected chi connectivity index (χ1v) is 10.1. The van der Waals surface area contributed by atoms with Crippen LogP contribution in [0.1, 0.15) is 5.76 Å². The molecule has 0 saturated carbocycles. The second kappa shape index (κ2) is 9.51. The minimum Gasteiger partial charge on any atom is -0.369 e. The molecule has 1 saturated heterocycles. The Morgan fingerprint density at radius 1 is 1.03 bits per heavy atom. The van der Waals surface area contributed by atoms with E-state index in [9.17, 15) is 10.1 Å². The summed E-state index contributed by atoms with van der Waals surface area (Å²) in [5.41, 5.74) is 2.26. The molecule has 1 aliphatic heterocycles. The predicted octanol–water partition coefficient (Wildman–Crippen LogP) is 3.16. The summed E-state index contributed by atoms with van der Waals surface area (Å²) in [6.45, 7) is 6.50. The van der Waals surface area contributed by atoms with Crippen LogP contribution in [0.4, 0.5) is 11.4 Å². The van der Waals surface area contributed by atoms with Crippen LogP contribution in [-0.4, -0.2) is 54.2 Å². The molecule has 156 valence electrons. The van der Waals surface area contributed by atoms with E-state index < -0.39 is 4.92 Å². The van der Waals surface area contributed by atoms with Crippen molar-refractivity contribution >= 4 is 11.4 Å². The van der Waals surface area contributed by atoms with Crippen molar-refractivity contribution in [1.82, 2.24) is 15.4 Å². The molecule has 0 atom stereocenters. The van der Waals surface area contributed by atoms with Gasteiger partial charge in [-0.2, -0.15) is 0 Å². The summed E-state index contributed by atoms with van der Waals surface area (Å²) in [4.78, 5) is 15.7. The first kappa shape index (κ1) is 20.1. The van der Waals surface area contributed by atoms with Gasteiger partial charge in [-0.25, -0.2) is 0 Å². The average molecular weight is 407 g/mol. The van der Waals surface area contributed by atoms with Crippen LogP contribution in [0.15, 0.2) is 65.2 Å². The highest BCUT2D eigenvalue weighted by Gasteiger charge is 2.18. The van der Waals surface area contributed by atoms with Gasteiger partial charge in [-0.1, -0.05) is 35.5 Å². The fourth-order valence-electron chi connectivity index (χ4n) is 3.69. The van der Waals surface area contributed by atoms with Crippen molar-refractivity contribution < 1.29 is 9.45 Å². The number of nitrogens with zero attached hydrogens (tertiary/aromatic N) is 4. The molecule has 0 bridgehead atoms. The van der Waals surface area contributed by atoms with Crippen molar-refractivity contribution in [1.29, 1.82) is 0 Å². The second-order valence-electron chi connectivity index (χ2n) is 7.29. The number of hydrogen-bond donors (Lipinski definition) is 1. The molecule has 4 rings (SSSR count). The van der Waals surface area contributed by atoms with Crippen LogP contribution in [0.2, 0.25) is 0 Å². The van der Waals surface area contributed by atoms with Gasteiger partial charge in [0.15, 0.2) is 5.76 Å². The fraction of sp³-hybridized carbons (Fsp3) is 0.318. The van der Waals surface area contributed by atoms with Gasteiger partial charge in [-0.05, 0) is 18.2 Å². The molecule has 0 unspecified atom stereocenters. The molecule has 0 radical (unpaired) electrons. The molecule has 30 heavy (non-hydrogen) atoms. The van der Waals surface area contributed by atoms with Crippen molar-refractivity contribution in [2.75, 3.05) is 44.2 Å². The Bertz CT molecular complexity index is 968. The Balaban J connectivity index is 1.21. The summed E-state index contributed by atoms with van der Waals surface area (Å²) in [6.07, 6.45) is 0. The quantitative estimate of drug-likeness (QED) is 0.349. The monoisotopic (exact) mass is 407 g/mol. The lowest BCUT2D eigenvalue weighted by Gasteiger charge is -2.36. The van der Waals surface area contributed by atoms with Gasteiger partial charge in [-0.15, -0.1) is 0 Å². The first-order chi connectivity index (χ1) is 14.7. The molecule has 1 aliphatic rings. The van der Waals surface area contributed by atoms with Crippen molar-refractivity contribution in [2.24, 2.45) is 0 Å². The van der Waals surface area contributed by atoms with Crippen LogP contribution in [0.25, 0.3) is 11.3 Å². The SMILES string of the molecule is O=[N+]([O-])c1ccccc1-c1cc(CNCCN2CCN(c3ccccc3)CC2)on1. The molecule has 0 aliphatic carbocycles. The third-order valence-corrected chi connectivity index (χ3v) is 5.33. The highest BCUT2D eigenvalue weighted by molar-refractivity contribution is 5.70. The maximum atomic E-state index is 11.2. The van der Waals surface area contributed by atoms with Crippen LogP contribution in [0.5, 0.6) is 0 Å². The molecule has 2 heterocycles. The summed E-state index contributed by atoms with van der Waals surface area (Å²) in [5.74, 6) is 0.664. The van der Waals surface area contributed by atoms with E-state index in [-0.39, 0.29) is 5.69 Å². The van der Waals surface area contributed by atoms with Crippen LogP contribution in [-0.2, 0) is 6.54 Å². The van der Waals surface area contributed by atoms with Gasteiger partial charge in [0.25, 0.3) is 5.69 Å². The Kier molecular flexibility index (Phi) is 6.36. The van der Waals surface area contributed by atoms with E-state index >= 15 is 0 Å². The summed E-state index contributed by atoms with van der Waals surface area (Å²) in [5, 5.41) is 18.6. The van der Waals surface area contributed by atoms with E-state index in [1.807, 2.05) is 6.07 Å². The lowest BCUT2D eigenvalue weighted by atomic mass is 10.1. The average Bonchev–Trinajstić information content (AvgIpc) is 3.26. The number of para-hydroxylation sites is 2. The Morgan fingerprint density at radius 3 is 2.53 bits per heavy atom. The van der Waals surface area contributed by atoms with Crippen LogP contribution >= 0.6 is 0 Å². The van der Waals surface area contributed by atoms with E-state index in [0.29, 0.717) is 23.6 Å². The molecule has 8 heteroatoms. The third-order valence-electron chi connectivity index (χ3n) is 5.33. The van der Waals surface area contributed by atoms with Gasteiger partial charge < -0.3 is 14.7 Å². The Labute approximate surface area is 175 Å². The molecule has 1 N–H and O–H groups in total. The van der Waals surface area contributed by atoms with Gasteiger partial charge in [0.1, 0.15) is 5.69 Å². The minimum absolute atomic E-state index is 0.0277. The summed E-state index contributed by atoms with van der Waals surface area (Å²) in [7, 11) is 0. The van der Waals surface area contributed by atoms with Crippen LogP contribution in [0, 0.1) is 10.1 Å². The van der Waals surface area contributed by atoms with Gasteiger partial charge in [0.2, 0.25) is 0 Å². The third kappa shape index (κ3) is 4.84. The maximum absolute atomic E-state index is 11.2. The zero-order chi connectivity index (χ0) is 20.8. The number of nitro groups is 1. The number of aromatic nitrogens is 1. The van der Waals surface area contributed by atoms with E-state index in [1.165, 1.54) is 11.8 Å². The smallest absolute Gasteiger partial charge is 0.278 e. The van der Waals surface area contributed by atoms with Gasteiger partial charge >= 0.3 is 0 Å². The number of piperazine rings is 1. The number of nitrogens with one attached hydrogen (secondary N) is 1. The number of hydrogen-bond acceptors (Lipinski definition) is 7. The maximum Gasteiger partial charge on any atom is 0.278 e. The van der Waals surface area contributed by atoms with Gasteiger partial charge in [0.05, 0.1) is 17.0 Å². The van der Waals surface area contributed by atoms with Crippen LogP contribution < -0.4 is 10.2 Å². The van der Waals surface area contributed by atoms with E-state index in [0.717, 1.165) is 39.3 Å². The lowest BCUT2D eigenvalue weighted by molar-refractivity contribution is -0.384. The Hall–Kier alpha value is -3.23. The zero-order valence-electron chi connectivity index (χ0n) is 16.7. The minimum atomic E-state index is -0.403. The molecule has 0 spiro atoms. The summed E-state index contributed by atoms with van der Waals surface area (Å²) >= 11 is 0. The highest BCUT2D eigenvalue weighted by atomic mass is 16.6. The number of rotatable bonds is 8. The molecule has 1 aromatic heterocycles. The summed E-state index contributed by atoms with van der Waals surface area (Å²) in [6, 6.07) is 18.8.